The minimum Gasteiger partial charge on any atom is -0.349 e. The number of carbonyl (C=O) groups excluding carboxylic acids is 1. The monoisotopic (exact) mass is 357 g/mol. The molecule has 0 aliphatic carbocycles. The molecular formula is C11H13Cl2NO4S2. The van der Waals surface area contributed by atoms with Crippen molar-refractivity contribution in [2.45, 2.75) is 17.9 Å². The Hall–Kier alpha value is -0.630. The fraction of sp³-hybridized carbons (Fsp3) is 0.364. The minimum atomic E-state index is -4.03. The summed E-state index contributed by atoms with van der Waals surface area (Å²) in [4.78, 5) is 11.6. The van der Waals surface area contributed by atoms with Crippen LogP contribution in [0.5, 0.6) is 0 Å². The van der Waals surface area contributed by atoms with Gasteiger partial charge in [-0.1, -0.05) is 11.6 Å². The van der Waals surface area contributed by atoms with E-state index >= 15 is 0 Å². The summed E-state index contributed by atoms with van der Waals surface area (Å²) in [5.74, 6) is -0.179. The van der Waals surface area contributed by atoms with Gasteiger partial charge in [-0.05, 0) is 25.1 Å². The zero-order valence-corrected chi connectivity index (χ0v) is 13.9. The molecule has 0 heterocycles. The largest absolute Gasteiger partial charge is 0.349 e. The van der Waals surface area contributed by atoms with Gasteiger partial charge in [0.2, 0.25) is 0 Å². The third-order valence-electron chi connectivity index (χ3n) is 2.32. The molecule has 2 unspecified atom stereocenters. The van der Waals surface area contributed by atoms with E-state index in [1.807, 2.05) is 0 Å². The van der Waals surface area contributed by atoms with Crippen molar-refractivity contribution in [3.8, 4) is 0 Å². The Morgan fingerprint density at radius 2 is 2.05 bits per heavy atom. The number of nitrogens with one attached hydrogen (secondary N) is 1. The van der Waals surface area contributed by atoms with Crippen molar-refractivity contribution >= 4 is 48.0 Å². The van der Waals surface area contributed by atoms with Crippen LogP contribution in [0.2, 0.25) is 5.02 Å². The molecule has 1 aromatic rings. The molecule has 1 amide bonds. The molecule has 0 saturated carbocycles. The molecule has 2 atom stereocenters. The lowest BCUT2D eigenvalue weighted by Crippen LogP contribution is -2.36. The van der Waals surface area contributed by atoms with Crippen LogP contribution >= 0.6 is 22.3 Å². The fourth-order valence-electron chi connectivity index (χ4n) is 1.53. The highest BCUT2D eigenvalue weighted by Gasteiger charge is 2.18. The van der Waals surface area contributed by atoms with Crippen molar-refractivity contribution in [2.75, 3.05) is 12.0 Å². The quantitative estimate of drug-likeness (QED) is 0.814. The van der Waals surface area contributed by atoms with E-state index in [0.717, 1.165) is 6.07 Å². The first kappa shape index (κ1) is 17.4. The maximum Gasteiger partial charge on any atom is 0.262 e. The Kier molecular flexibility index (Phi) is 6.00. The third-order valence-corrected chi connectivity index (χ3v) is 5.09. The lowest BCUT2D eigenvalue weighted by atomic mass is 10.2. The number of halogens is 2. The second-order valence-corrected chi connectivity index (χ2v) is 8.62. The lowest BCUT2D eigenvalue weighted by molar-refractivity contribution is 0.0943. The number of benzene rings is 1. The van der Waals surface area contributed by atoms with Crippen molar-refractivity contribution in [3.05, 3.63) is 28.8 Å². The van der Waals surface area contributed by atoms with E-state index in [9.17, 15) is 17.4 Å². The first-order valence-electron chi connectivity index (χ1n) is 5.46. The molecule has 0 aliphatic heterocycles. The van der Waals surface area contributed by atoms with Gasteiger partial charge in [0.25, 0.3) is 15.0 Å². The Morgan fingerprint density at radius 1 is 1.45 bits per heavy atom. The topological polar surface area (TPSA) is 80.3 Å². The molecule has 0 spiro atoms. The second kappa shape index (κ2) is 6.89. The Morgan fingerprint density at radius 3 is 2.55 bits per heavy atom. The van der Waals surface area contributed by atoms with Crippen LogP contribution in [0.4, 0.5) is 0 Å². The number of amides is 1. The van der Waals surface area contributed by atoms with Gasteiger partial charge in [0, 0.05) is 45.1 Å². The molecule has 5 nitrogen and oxygen atoms in total. The summed E-state index contributed by atoms with van der Waals surface area (Å²) in [6, 6.07) is 3.48. The van der Waals surface area contributed by atoms with Crippen LogP contribution in [0, 0.1) is 0 Å². The molecule has 20 heavy (non-hydrogen) atoms. The van der Waals surface area contributed by atoms with Crippen LogP contribution in [-0.4, -0.2) is 36.6 Å². The van der Waals surface area contributed by atoms with Gasteiger partial charge in [-0.3, -0.25) is 9.00 Å². The van der Waals surface area contributed by atoms with E-state index in [-0.39, 0.29) is 21.5 Å². The minimum absolute atomic E-state index is 0.0562. The number of rotatable bonds is 5. The van der Waals surface area contributed by atoms with Crippen molar-refractivity contribution < 1.29 is 17.4 Å². The van der Waals surface area contributed by atoms with Crippen LogP contribution in [0.3, 0.4) is 0 Å². The van der Waals surface area contributed by atoms with E-state index in [0.29, 0.717) is 5.75 Å². The summed E-state index contributed by atoms with van der Waals surface area (Å²) in [6.45, 7) is 1.70. The molecule has 0 aromatic heterocycles. The third kappa shape index (κ3) is 5.05. The van der Waals surface area contributed by atoms with E-state index in [1.54, 1.807) is 6.92 Å². The fourth-order valence-corrected chi connectivity index (χ4v) is 3.81. The number of hydrogen-bond donors (Lipinski definition) is 1. The molecule has 9 heteroatoms. The average molecular weight is 358 g/mol. The van der Waals surface area contributed by atoms with Gasteiger partial charge >= 0.3 is 0 Å². The van der Waals surface area contributed by atoms with Crippen LogP contribution in [0.25, 0.3) is 0 Å². The van der Waals surface area contributed by atoms with Crippen LogP contribution < -0.4 is 5.32 Å². The molecule has 112 valence electrons. The predicted molar refractivity (Wildman–Crippen MR) is 80.4 cm³/mol. The Balaban J connectivity index is 2.98. The number of carbonyl (C=O) groups is 1. The average Bonchev–Trinajstić information content (AvgIpc) is 2.26. The molecule has 0 aliphatic rings. The summed E-state index contributed by atoms with van der Waals surface area (Å²) in [5.41, 5.74) is 0.113. The molecule has 0 radical (unpaired) electrons. The van der Waals surface area contributed by atoms with Gasteiger partial charge in [0.1, 0.15) is 4.90 Å². The van der Waals surface area contributed by atoms with E-state index < -0.39 is 25.8 Å². The summed E-state index contributed by atoms with van der Waals surface area (Å²) in [6.07, 6.45) is 1.53. The smallest absolute Gasteiger partial charge is 0.262 e. The summed E-state index contributed by atoms with van der Waals surface area (Å²) in [7, 11) is 0.162. The van der Waals surface area contributed by atoms with Gasteiger partial charge in [-0.2, -0.15) is 0 Å². The van der Waals surface area contributed by atoms with Crippen molar-refractivity contribution in [3.63, 3.8) is 0 Å². The van der Waals surface area contributed by atoms with Crippen LogP contribution in [0.15, 0.2) is 23.1 Å². The zero-order valence-electron chi connectivity index (χ0n) is 10.7. The van der Waals surface area contributed by atoms with Crippen molar-refractivity contribution in [1.82, 2.24) is 5.32 Å². The highest BCUT2D eigenvalue weighted by atomic mass is 35.7. The SMILES string of the molecule is CC(CS(C)=O)NC(=O)c1ccc(Cl)c(S(=O)(=O)Cl)c1. The Bertz CT molecular complexity index is 646. The number of hydrogen-bond acceptors (Lipinski definition) is 4. The predicted octanol–water partition coefficient (Wildman–Crippen LogP) is 1.76. The molecule has 1 rings (SSSR count). The van der Waals surface area contributed by atoms with Crippen molar-refractivity contribution in [2.24, 2.45) is 0 Å². The lowest BCUT2D eigenvalue weighted by Gasteiger charge is -2.13. The second-order valence-electron chi connectivity index (χ2n) is 4.20. The van der Waals surface area contributed by atoms with Crippen molar-refractivity contribution in [1.29, 1.82) is 0 Å². The highest BCUT2D eigenvalue weighted by molar-refractivity contribution is 8.13. The van der Waals surface area contributed by atoms with Gasteiger partial charge in [-0.25, -0.2) is 8.42 Å². The van der Waals surface area contributed by atoms with Gasteiger partial charge in [0.15, 0.2) is 0 Å². The maximum absolute atomic E-state index is 11.9. The van der Waals surface area contributed by atoms with Gasteiger partial charge in [-0.15, -0.1) is 0 Å². The highest BCUT2D eigenvalue weighted by Crippen LogP contribution is 2.25. The zero-order chi connectivity index (χ0) is 15.5. The molecule has 1 aromatic carbocycles. The van der Waals surface area contributed by atoms with E-state index in [4.69, 9.17) is 22.3 Å². The molecule has 1 N–H and O–H groups in total. The van der Waals surface area contributed by atoms with E-state index in [1.165, 1.54) is 18.4 Å². The first-order valence-corrected chi connectivity index (χ1v) is 9.88. The van der Waals surface area contributed by atoms with Crippen LogP contribution in [-0.2, 0) is 19.9 Å². The summed E-state index contributed by atoms with van der Waals surface area (Å²) in [5, 5.41) is 2.56. The molecule has 0 saturated heterocycles. The van der Waals surface area contributed by atoms with E-state index in [2.05, 4.69) is 5.32 Å². The summed E-state index contributed by atoms with van der Waals surface area (Å²) < 4.78 is 33.7. The normalized spacial score (nSPS) is 14.6. The molecule has 0 fully saturated rings. The molecule has 0 bridgehead atoms. The Labute approximate surface area is 129 Å². The maximum atomic E-state index is 11.9. The van der Waals surface area contributed by atoms with Gasteiger partial charge in [0.05, 0.1) is 5.02 Å². The van der Waals surface area contributed by atoms with Gasteiger partial charge < -0.3 is 5.32 Å². The summed E-state index contributed by atoms with van der Waals surface area (Å²) >= 11 is 5.72. The van der Waals surface area contributed by atoms with Crippen LogP contribution in [0.1, 0.15) is 17.3 Å². The molecular weight excluding hydrogens is 345 g/mol. The first-order chi connectivity index (χ1) is 9.11. The standard InChI is InChI=1S/C11H13Cl2NO4S2/c1-7(6-19(2)16)14-11(15)8-3-4-9(12)10(5-8)20(13,17)18/h3-5,7H,6H2,1-2H3,(H,14,15).